The van der Waals surface area contributed by atoms with Crippen LogP contribution in [0.15, 0.2) is 0 Å². The van der Waals surface area contributed by atoms with Gasteiger partial charge in [-0.15, -0.1) is 0 Å². The molecule has 0 radical (unpaired) electrons. The van der Waals surface area contributed by atoms with E-state index in [4.69, 9.17) is 0 Å². The summed E-state index contributed by atoms with van der Waals surface area (Å²) in [4.78, 5) is 11.3. The van der Waals surface area contributed by atoms with Crippen LogP contribution in [0.5, 0.6) is 0 Å². The summed E-state index contributed by atoms with van der Waals surface area (Å²) in [7, 11) is -3.39. The van der Waals surface area contributed by atoms with Crippen LogP contribution in [-0.4, -0.2) is 20.1 Å². The highest BCUT2D eigenvalue weighted by Gasteiger charge is 2.15. The third-order valence-electron chi connectivity index (χ3n) is 2.06. The summed E-state index contributed by atoms with van der Waals surface area (Å²) < 4.78 is 24.2. The molecule has 0 rings (SSSR count). The molecule has 0 aromatic carbocycles. The van der Waals surface area contributed by atoms with Crippen molar-refractivity contribution in [3.05, 3.63) is 0 Å². The number of nitrogens with one attached hydrogen (secondary N) is 1. The van der Waals surface area contributed by atoms with Gasteiger partial charge in [0.05, 0.1) is 5.75 Å². The Labute approximate surface area is 92.5 Å². The second-order valence-corrected chi connectivity index (χ2v) is 6.38. The molecule has 90 valence electrons. The Morgan fingerprint density at radius 1 is 1.27 bits per heavy atom. The van der Waals surface area contributed by atoms with Crippen LogP contribution < -0.4 is 4.72 Å². The molecule has 15 heavy (non-hydrogen) atoms. The molecule has 0 heterocycles. The van der Waals surface area contributed by atoms with E-state index in [9.17, 15) is 13.2 Å². The fraction of sp³-hybridized carbons (Fsp3) is 0.900. The van der Waals surface area contributed by atoms with E-state index < -0.39 is 15.9 Å². The van der Waals surface area contributed by atoms with Crippen molar-refractivity contribution in [1.29, 1.82) is 0 Å². The summed E-state index contributed by atoms with van der Waals surface area (Å²) in [6.07, 6.45) is 1.21. The minimum atomic E-state index is -3.39. The molecule has 0 saturated heterocycles. The predicted molar refractivity (Wildman–Crippen MR) is 60.8 cm³/mol. The third kappa shape index (κ3) is 7.36. The monoisotopic (exact) mass is 235 g/mol. The van der Waals surface area contributed by atoms with E-state index in [0.717, 1.165) is 6.42 Å². The van der Waals surface area contributed by atoms with E-state index in [2.05, 4.69) is 13.8 Å². The first-order valence-corrected chi connectivity index (χ1v) is 6.95. The molecule has 0 aliphatic rings. The number of carbonyl (C=O) groups is 1. The van der Waals surface area contributed by atoms with Crippen molar-refractivity contribution < 1.29 is 13.2 Å². The van der Waals surface area contributed by atoms with Gasteiger partial charge in [0, 0.05) is 6.42 Å². The number of hydrogen-bond donors (Lipinski definition) is 1. The Bertz CT molecular complexity index is 296. The number of rotatable bonds is 6. The molecule has 0 aromatic heterocycles. The zero-order chi connectivity index (χ0) is 12.1. The van der Waals surface area contributed by atoms with E-state index in [-0.39, 0.29) is 18.1 Å². The Kier molecular flexibility index (Phi) is 5.87. The third-order valence-corrected chi connectivity index (χ3v) is 3.36. The molecule has 0 aliphatic carbocycles. The second-order valence-electron chi connectivity index (χ2n) is 4.37. The van der Waals surface area contributed by atoms with Gasteiger partial charge in [0.15, 0.2) is 0 Å². The Balaban J connectivity index is 4.05. The smallest absolute Gasteiger partial charge is 0.234 e. The molecule has 0 fully saturated rings. The average molecular weight is 235 g/mol. The van der Waals surface area contributed by atoms with Crippen LogP contribution >= 0.6 is 0 Å². The number of hydrogen-bond acceptors (Lipinski definition) is 3. The highest BCUT2D eigenvalue weighted by atomic mass is 32.2. The zero-order valence-electron chi connectivity index (χ0n) is 9.91. The molecular weight excluding hydrogens is 214 g/mol. The lowest BCUT2D eigenvalue weighted by atomic mass is 9.96. The van der Waals surface area contributed by atoms with Crippen molar-refractivity contribution in [2.75, 3.05) is 5.75 Å². The van der Waals surface area contributed by atoms with Gasteiger partial charge in [-0.1, -0.05) is 20.8 Å². The molecule has 0 unspecified atom stereocenters. The Hall–Kier alpha value is -0.580. The van der Waals surface area contributed by atoms with Crippen molar-refractivity contribution in [3.8, 4) is 0 Å². The van der Waals surface area contributed by atoms with Gasteiger partial charge in [-0.25, -0.2) is 8.42 Å². The molecule has 0 saturated carbocycles. The van der Waals surface area contributed by atoms with Gasteiger partial charge in [0.25, 0.3) is 0 Å². The molecule has 4 nitrogen and oxygen atoms in total. The predicted octanol–water partition coefficient (Wildman–Crippen LogP) is 1.52. The molecule has 0 bridgehead atoms. The van der Waals surface area contributed by atoms with Crippen LogP contribution in [0.3, 0.4) is 0 Å². The van der Waals surface area contributed by atoms with E-state index in [1.54, 1.807) is 0 Å². The van der Waals surface area contributed by atoms with Gasteiger partial charge in [-0.05, 0) is 25.2 Å². The molecule has 1 N–H and O–H groups in total. The van der Waals surface area contributed by atoms with Gasteiger partial charge in [0.1, 0.15) is 0 Å². The maximum Gasteiger partial charge on any atom is 0.234 e. The lowest BCUT2D eigenvalue weighted by Crippen LogP contribution is -2.32. The molecule has 1 atom stereocenters. The van der Waals surface area contributed by atoms with E-state index >= 15 is 0 Å². The largest absolute Gasteiger partial charge is 0.274 e. The first-order valence-electron chi connectivity index (χ1n) is 5.30. The van der Waals surface area contributed by atoms with Crippen LogP contribution in [0.1, 0.15) is 40.5 Å². The lowest BCUT2D eigenvalue weighted by Gasteiger charge is -2.13. The first-order chi connectivity index (χ1) is 6.76. The molecule has 5 heteroatoms. The summed E-state index contributed by atoms with van der Waals surface area (Å²) in [5, 5.41) is 0. The summed E-state index contributed by atoms with van der Waals surface area (Å²) in [5.74, 6) is 0.287. The molecule has 0 aliphatic heterocycles. The van der Waals surface area contributed by atoms with Gasteiger partial charge < -0.3 is 0 Å². The Morgan fingerprint density at radius 2 is 1.80 bits per heavy atom. The molecular formula is C10H21NO3S. The molecule has 1 amide bonds. The zero-order valence-corrected chi connectivity index (χ0v) is 10.7. The van der Waals surface area contributed by atoms with Crippen LogP contribution in [0.2, 0.25) is 0 Å². The average Bonchev–Trinajstić information content (AvgIpc) is 2.00. The second kappa shape index (κ2) is 6.10. The normalized spacial score (nSPS) is 13.9. The SMILES string of the molecule is CCS(=O)(=O)NC(=O)C[C@H](C)CC(C)C. The van der Waals surface area contributed by atoms with Crippen LogP contribution in [0.25, 0.3) is 0 Å². The quantitative estimate of drug-likeness (QED) is 0.759. The molecule has 0 spiro atoms. The highest BCUT2D eigenvalue weighted by molar-refractivity contribution is 7.90. The van der Waals surface area contributed by atoms with Crippen LogP contribution in [0.4, 0.5) is 0 Å². The van der Waals surface area contributed by atoms with E-state index in [1.807, 2.05) is 11.6 Å². The van der Waals surface area contributed by atoms with E-state index in [0.29, 0.717) is 5.92 Å². The van der Waals surface area contributed by atoms with Gasteiger partial charge in [-0.3, -0.25) is 9.52 Å². The topological polar surface area (TPSA) is 63.2 Å². The van der Waals surface area contributed by atoms with Crippen LogP contribution in [-0.2, 0) is 14.8 Å². The Morgan fingerprint density at radius 3 is 2.20 bits per heavy atom. The lowest BCUT2D eigenvalue weighted by molar-refractivity contribution is -0.120. The number of amides is 1. The fourth-order valence-electron chi connectivity index (χ4n) is 1.49. The summed E-state index contributed by atoms with van der Waals surface area (Å²) in [6.45, 7) is 7.62. The van der Waals surface area contributed by atoms with Gasteiger partial charge in [-0.2, -0.15) is 0 Å². The summed E-state index contributed by atoms with van der Waals surface area (Å²) >= 11 is 0. The first kappa shape index (κ1) is 14.4. The minimum absolute atomic E-state index is 0.0582. The van der Waals surface area contributed by atoms with Crippen molar-refractivity contribution >= 4 is 15.9 Å². The summed E-state index contributed by atoms with van der Waals surface area (Å²) in [6, 6.07) is 0. The van der Waals surface area contributed by atoms with Gasteiger partial charge >= 0.3 is 0 Å². The number of sulfonamides is 1. The standard InChI is InChI=1S/C10H21NO3S/c1-5-15(13,14)11-10(12)7-9(4)6-8(2)3/h8-9H,5-7H2,1-4H3,(H,11,12)/t9-/m1/s1. The maximum absolute atomic E-state index is 11.3. The molecule has 0 aromatic rings. The van der Waals surface area contributed by atoms with E-state index in [1.165, 1.54) is 6.92 Å². The minimum Gasteiger partial charge on any atom is -0.274 e. The van der Waals surface area contributed by atoms with Gasteiger partial charge in [0.2, 0.25) is 15.9 Å². The van der Waals surface area contributed by atoms with Crippen molar-refractivity contribution in [2.45, 2.75) is 40.5 Å². The maximum atomic E-state index is 11.3. The summed E-state index contributed by atoms with van der Waals surface area (Å²) in [5.41, 5.74) is 0. The van der Waals surface area contributed by atoms with Crippen molar-refractivity contribution in [1.82, 2.24) is 4.72 Å². The van der Waals surface area contributed by atoms with Crippen molar-refractivity contribution in [3.63, 3.8) is 0 Å². The van der Waals surface area contributed by atoms with Crippen molar-refractivity contribution in [2.24, 2.45) is 11.8 Å². The number of carbonyl (C=O) groups excluding carboxylic acids is 1. The van der Waals surface area contributed by atoms with Crippen LogP contribution in [0, 0.1) is 11.8 Å². The highest BCUT2D eigenvalue weighted by Crippen LogP contribution is 2.14. The fourth-order valence-corrected chi connectivity index (χ4v) is 2.07.